The largest absolute Gasteiger partial charge is 0.316 e. The highest BCUT2D eigenvalue weighted by atomic mass is 15.0. The van der Waals surface area contributed by atoms with Crippen molar-refractivity contribution >= 4 is 32.7 Å². The van der Waals surface area contributed by atoms with Gasteiger partial charge in [-0.2, -0.15) is 0 Å². The molecular weight excluding hydrogens is 593 g/mol. The number of para-hydroxylation sites is 2. The summed E-state index contributed by atoms with van der Waals surface area (Å²) in [6, 6.07) is 60.1. The summed E-state index contributed by atoms with van der Waals surface area (Å²) in [7, 11) is 0. The number of fused-ring (bicyclic) bond motifs is 8. The highest BCUT2D eigenvalue weighted by Crippen LogP contribution is 2.49. The van der Waals surface area contributed by atoms with E-state index < -0.39 is 0 Å². The maximum absolute atomic E-state index is 2.43. The van der Waals surface area contributed by atoms with Crippen LogP contribution in [0.3, 0.4) is 0 Å². The summed E-state index contributed by atoms with van der Waals surface area (Å²) in [6.07, 6.45) is 2.19. The average molecular weight is 627 g/mol. The monoisotopic (exact) mass is 626 g/mol. The van der Waals surface area contributed by atoms with Crippen LogP contribution in [0.15, 0.2) is 170 Å². The third-order valence-electron chi connectivity index (χ3n) is 10.8. The van der Waals surface area contributed by atoms with E-state index in [0.717, 1.165) is 0 Å². The number of rotatable bonds is 4. The van der Waals surface area contributed by atoms with Crippen molar-refractivity contribution in [2.24, 2.45) is 0 Å². The van der Waals surface area contributed by atoms with Crippen LogP contribution in [0.1, 0.15) is 25.0 Å². The van der Waals surface area contributed by atoms with Gasteiger partial charge in [-0.05, 0) is 99.1 Å². The molecule has 0 bridgehead atoms. The first-order chi connectivity index (χ1) is 24.1. The molecule has 1 aliphatic rings. The van der Waals surface area contributed by atoms with Crippen LogP contribution in [0.2, 0.25) is 0 Å². The van der Waals surface area contributed by atoms with Crippen molar-refractivity contribution in [1.29, 1.82) is 0 Å². The Bertz CT molecular complexity index is 2710. The Hall–Kier alpha value is -6.12. The summed E-state index contributed by atoms with van der Waals surface area (Å²) in [6.45, 7) is 4.69. The predicted octanol–water partition coefficient (Wildman–Crippen LogP) is 12.4. The number of hydrogen-bond donors (Lipinski definition) is 0. The second-order valence-electron chi connectivity index (χ2n) is 13.8. The molecule has 232 valence electrons. The van der Waals surface area contributed by atoms with E-state index in [-0.39, 0.29) is 5.41 Å². The van der Waals surface area contributed by atoms with Gasteiger partial charge in [0.25, 0.3) is 0 Å². The van der Waals surface area contributed by atoms with Crippen LogP contribution in [0.25, 0.3) is 77.5 Å². The van der Waals surface area contributed by atoms with E-state index in [4.69, 9.17) is 0 Å². The SMILES string of the molecule is CC1(C)c2ccccc2-c2ccc(-c3ccc(-c4ccc5c(c4)c4ccc6c(ccn6-c6ccccc6)c4n5-c4ccccc4)cc3)cc21. The van der Waals surface area contributed by atoms with Gasteiger partial charge in [0.05, 0.1) is 16.6 Å². The maximum atomic E-state index is 2.43. The van der Waals surface area contributed by atoms with E-state index in [1.165, 1.54) is 88.6 Å². The summed E-state index contributed by atoms with van der Waals surface area (Å²) in [5, 5.41) is 3.76. The Morgan fingerprint density at radius 1 is 0.408 bits per heavy atom. The van der Waals surface area contributed by atoms with E-state index in [1.807, 2.05) is 0 Å². The molecule has 49 heavy (non-hydrogen) atoms. The molecule has 1 aliphatic carbocycles. The maximum Gasteiger partial charge on any atom is 0.0635 e. The van der Waals surface area contributed by atoms with Crippen LogP contribution in [-0.2, 0) is 5.41 Å². The van der Waals surface area contributed by atoms with Gasteiger partial charge in [0.15, 0.2) is 0 Å². The summed E-state index contributed by atoms with van der Waals surface area (Å²) in [5.41, 5.74) is 16.5. The van der Waals surface area contributed by atoms with Gasteiger partial charge in [0, 0.05) is 39.1 Å². The first-order valence-electron chi connectivity index (χ1n) is 17.1. The second kappa shape index (κ2) is 10.4. The molecule has 0 spiro atoms. The molecule has 2 nitrogen and oxygen atoms in total. The van der Waals surface area contributed by atoms with Crippen LogP contribution in [-0.4, -0.2) is 9.13 Å². The van der Waals surface area contributed by atoms with Crippen LogP contribution in [0.4, 0.5) is 0 Å². The van der Waals surface area contributed by atoms with Crippen LogP contribution in [0, 0.1) is 0 Å². The zero-order valence-electron chi connectivity index (χ0n) is 27.6. The van der Waals surface area contributed by atoms with Gasteiger partial charge in [-0.1, -0.05) is 123 Å². The van der Waals surface area contributed by atoms with Gasteiger partial charge in [-0.3, -0.25) is 0 Å². The minimum Gasteiger partial charge on any atom is -0.316 e. The molecule has 7 aromatic carbocycles. The fraction of sp³-hybridized carbons (Fsp3) is 0.0638. The Labute approximate surface area is 286 Å². The fourth-order valence-corrected chi connectivity index (χ4v) is 8.30. The highest BCUT2D eigenvalue weighted by molar-refractivity contribution is 6.19. The molecular formula is C47H34N2. The van der Waals surface area contributed by atoms with Crippen molar-refractivity contribution in [2.75, 3.05) is 0 Å². The summed E-state index contributed by atoms with van der Waals surface area (Å²) in [4.78, 5) is 0. The molecule has 0 N–H and O–H groups in total. The molecule has 0 amide bonds. The lowest BCUT2D eigenvalue weighted by Crippen LogP contribution is -2.14. The van der Waals surface area contributed by atoms with Gasteiger partial charge in [-0.25, -0.2) is 0 Å². The summed E-state index contributed by atoms with van der Waals surface area (Å²) in [5.74, 6) is 0. The third kappa shape index (κ3) is 4.14. The first-order valence-corrected chi connectivity index (χ1v) is 17.1. The van der Waals surface area contributed by atoms with E-state index >= 15 is 0 Å². The molecule has 2 heteroatoms. The number of hydrogen-bond acceptors (Lipinski definition) is 0. The molecule has 2 aromatic heterocycles. The Morgan fingerprint density at radius 3 is 1.76 bits per heavy atom. The Kier molecular flexibility index (Phi) is 5.95. The Morgan fingerprint density at radius 2 is 1.00 bits per heavy atom. The van der Waals surface area contributed by atoms with Crippen molar-refractivity contribution in [3.05, 3.63) is 181 Å². The molecule has 0 radical (unpaired) electrons. The minimum absolute atomic E-state index is 0.00797. The quantitative estimate of drug-likeness (QED) is 0.184. The molecule has 0 atom stereocenters. The molecule has 0 unspecified atom stereocenters. The summed E-state index contributed by atoms with van der Waals surface area (Å²) < 4.78 is 4.72. The van der Waals surface area contributed by atoms with Gasteiger partial charge in [-0.15, -0.1) is 0 Å². The van der Waals surface area contributed by atoms with Gasteiger partial charge in [0.1, 0.15) is 0 Å². The molecule has 0 aliphatic heterocycles. The van der Waals surface area contributed by atoms with Crippen molar-refractivity contribution in [2.45, 2.75) is 19.3 Å². The molecule has 0 saturated carbocycles. The standard InChI is InChI=1S/C47H34N2/c1-47(2)42-16-10-9-15-37(42)38-23-21-34(30-43(38)47)32-19-17-31(18-20-32)33-22-25-45-41(29-33)39-24-26-44-40(27-28-48(44)35-11-5-3-6-12-35)46(39)49(45)36-13-7-4-8-14-36/h3-30H,1-2H3. The molecule has 10 rings (SSSR count). The lowest BCUT2D eigenvalue weighted by Gasteiger charge is -2.22. The van der Waals surface area contributed by atoms with Crippen molar-refractivity contribution in [3.63, 3.8) is 0 Å². The zero-order valence-corrected chi connectivity index (χ0v) is 27.6. The molecule has 9 aromatic rings. The fourth-order valence-electron chi connectivity index (χ4n) is 8.30. The minimum atomic E-state index is -0.00797. The third-order valence-corrected chi connectivity index (χ3v) is 10.8. The first kappa shape index (κ1) is 27.9. The Balaban J connectivity index is 1.08. The molecule has 2 heterocycles. The normalized spacial score (nSPS) is 13.3. The second-order valence-corrected chi connectivity index (χ2v) is 13.8. The van der Waals surface area contributed by atoms with Crippen molar-refractivity contribution in [3.8, 4) is 44.8 Å². The lowest BCUT2D eigenvalue weighted by atomic mass is 9.81. The summed E-state index contributed by atoms with van der Waals surface area (Å²) >= 11 is 0. The smallest absolute Gasteiger partial charge is 0.0635 e. The molecule has 0 fully saturated rings. The van der Waals surface area contributed by atoms with E-state index in [2.05, 4.69) is 193 Å². The number of benzene rings is 7. The number of aromatic nitrogens is 2. The topological polar surface area (TPSA) is 9.86 Å². The van der Waals surface area contributed by atoms with Crippen molar-refractivity contribution in [1.82, 2.24) is 9.13 Å². The van der Waals surface area contributed by atoms with E-state index in [1.54, 1.807) is 0 Å². The van der Waals surface area contributed by atoms with E-state index in [0.29, 0.717) is 0 Å². The van der Waals surface area contributed by atoms with Crippen LogP contribution < -0.4 is 0 Å². The zero-order chi connectivity index (χ0) is 32.7. The van der Waals surface area contributed by atoms with Crippen molar-refractivity contribution < 1.29 is 0 Å². The average Bonchev–Trinajstić information content (AvgIpc) is 3.81. The number of nitrogens with zero attached hydrogens (tertiary/aromatic N) is 2. The van der Waals surface area contributed by atoms with E-state index in [9.17, 15) is 0 Å². The van der Waals surface area contributed by atoms with Crippen LogP contribution in [0.5, 0.6) is 0 Å². The van der Waals surface area contributed by atoms with Crippen LogP contribution >= 0.6 is 0 Å². The highest BCUT2D eigenvalue weighted by Gasteiger charge is 2.35. The lowest BCUT2D eigenvalue weighted by molar-refractivity contribution is 0.660. The van der Waals surface area contributed by atoms with Gasteiger partial charge in [0.2, 0.25) is 0 Å². The van der Waals surface area contributed by atoms with Gasteiger partial charge < -0.3 is 9.13 Å². The molecule has 0 saturated heterocycles. The van der Waals surface area contributed by atoms with Gasteiger partial charge >= 0.3 is 0 Å². The predicted molar refractivity (Wildman–Crippen MR) is 206 cm³/mol.